The van der Waals surface area contributed by atoms with Crippen LogP contribution in [0.4, 0.5) is 5.82 Å². The van der Waals surface area contributed by atoms with Crippen molar-refractivity contribution in [1.29, 1.82) is 0 Å². The maximum absolute atomic E-state index is 10.9. The van der Waals surface area contributed by atoms with Crippen LogP contribution in [-0.2, 0) is 4.79 Å². The van der Waals surface area contributed by atoms with Gasteiger partial charge in [0.25, 0.3) is 0 Å². The van der Waals surface area contributed by atoms with Crippen LogP contribution in [-0.4, -0.2) is 15.9 Å². The van der Waals surface area contributed by atoms with Gasteiger partial charge in [-0.25, -0.2) is 9.78 Å². The predicted octanol–water partition coefficient (Wildman–Crippen LogP) is 0.938. The first kappa shape index (κ1) is 10.5. The largest absolute Gasteiger partial charge is 0.346 e. The molecule has 1 heterocycles. The maximum atomic E-state index is 10.9. The van der Waals surface area contributed by atoms with E-state index in [1.54, 1.807) is 0 Å². The Morgan fingerprint density at radius 3 is 3.00 bits per heavy atom. The van der Waals surface area contributed by atoms with E-state index in [1.165, 1.54) is 24.7 Å². The van der Waals surface area contributed by atoms with Gasteiger partial charge in [-0.2, -0.15) is 0 Å². The highest BCUT2D eigenvalue weighted by molar-refractivity contribution is 6.27. The minimum absolute atomic E-state index is 0.281. The molecular weight excluding hydrogens is 206 g/mol. The highest BCUT2D eigenvalue weighted by atomic mass is 35.5. The van der Waals surface area contributed by atoms with Gasteiger partial charge in [-0.1, -0.05) is 11.6 Å². The van der Waals surface area contributed by atoms with Crippen molar-refractivity contribution in [3.05, 3.63) is 27.8 Å². The molecule has 0 saturated heterocycles. The number of aromatic nitrogens is 2. The Morgan fingerprint density at radius 2 is 2.43 bits per heavy atom. The number of aromatic amines is 1. The molecule has 1 rings (SSSR count). The first-order valence-electron chi connectivity index (χ1n) is 3.77. The molecule has 1 aromatic rings. The van der Waals surface area contributed by atoms with Crippen molar-refractivity contribution in [2.24, 2.45) is 0 Å². The van der Waals surface area contributed by atoms with E-state index in [4.69, 9.17) is 11.6 Å². The zero-order valence-electron chi connectivity index (χ0n) is 7.37. The highest BCUT2D eigenvalue weighted by Gasteiger charge is 2.02. The van der Waals surface area contributed by atoms with Gasteiger partial charge >= 0.3 is 5.69 Å². The molecule has 2 N–H and O–H groups in total. The van der Waals surface area contributed by atoms with Gasteiger partial charge in [0, 0.05) is 24.2 Å². The molecule has 0 unspecified atom stereocenters. The Morgan fingerprint density at radius 1 is 1.71 bits per heavy atom. The number of nitrogens with one attached hydrogen (secondary N) is 2. The van der Waals surface area contributed by atoms with Crippen LogP contribution in [0.3, 0.4) is 0 Å². The monoisotopic (exact) mass is 213 g/mol. The molecular formula is C8H8ClN3O2. The molecule has 0 spiro atoms. The van der Waals surface area contributed by atoms with Gasteiger partial charge in [-0.15, -0.1) is 0 Å². The van der Waals surface area contributed by atoms with E-state index in [0.29, 0.717) is 5.56 Å². The summed E-state index contributed by atoms with van der Waals surface area (Å²) >= 11 is 5.37. The number of H-pyrrole nitrogens is 1. The number of hydrogen-bond donors (Lipinski definition) is 2. The molecule has 0 aliphatic heterocycles. The predicted molar refractivity (Wildman–Crippen MR) is 54.0 cm³/mol. The van der Waals surface area contributed by atoms with Gasteiger partial charge in [0.1, 0.15) is 5.82 Å². The molecule has 6 heteroatoms. The van der Waals surface area contributed by atoms with Crippen LogP contribution in [0, 0.1) is 0 Å². The van der Waals surface area contributed by atoms with Crippen molar-refractivity contribution >= 4 is 29.4 Å². The summed E-state index contributed by atoms with van der Waals surface area (Å²) in [6.07, 6.45) is 2.83. The Bertz CT molecular complexity index is 425. The third kappa shape index (κ3) is 2.70. The van der Waals surface area contributed by atoms with E-state index in [9.17, 15) is 9.59 Å². The molecule has 0 aliphatic rings. The number of rotatable bonds is 2. The summed E-state index contributed by atoms with van der Waals surface area (Å²) < 4.78 is 0. The van der Waals surface area contributed by atoms with Crippen molar-refractivity contribution in [3.63, 3.8) is 0 Å². The number of hydrogen-bond acceptors (Lipinski definition) is 3. The summed E-state index contributed by atoms with van der Waals surface area (Å²) in [5.41, 5.74) is 1.27. The SMILES string of the molecule is CC(=O)Nc1[nH]c(=O)ncc1C=CCl. The quantitative estimate of drug-likeness (QED) is 0.768. The average Bonchev–Trinajstić information content (AvgIpc) is 2.09. The third-order valence-corrected chi connectivity index (χ3v) is 1.51. The van der Waals surface area contributed by atoms with E-state index in [1.807, 2.05) is 0 Å². The molecule has 0 radical (unpaired) electrons. The summed E-state index contributed by atoms with van der Waals surface area (Å²) in [6, 6.07) is 0. The summed E-state index contributed by atoms with van der Waals surface area (Å²) in [5, 5.41) is 2.45. The molecule has 5 nitrogen and oxygen atoms in total. The first-order valence-corrected chi connectivity index (χ1v) is 4.21. The van der Waals surface area contributed by atoms with Crippen LogP contribution in [0.2, 0.25) is 0 Å². The van der Waals surface area contributed by atoms with Gasteiger partial charge in [0.15, 0.2) is 0 Å². The third-order valence-electron chi connectivity index (χ3n) is 1.39. The van der Waals surface area contributed by atoms with Gasteiger partial charge < -0.3 is 5.32 Å². The molecule has 0 aliphatic carbocycles. The van der Waals surface area contributed by atoms with Gasteiger partial charge in [-0.3, -0.25) is 9.78 Å². The van der Waals surface area contributed by atoms with Crippen LogP contribution in [0.5, 0.6) is 0 Å². The lowest BCUT2D eigenvalue weighted by molar-refractivity contribution is -0.114. The summed E-state index contributed by atoms with van der Waals surface area (Å²) in [4.78, 5) is 27.5. The fourth-order valence-electron chi connectivity index (χ4n) is 0.878. The van der Waals surface area contributed by atoms with Crippen LogP contribution >= 0.6 is 11.6 Å². The molecule has 0 atom stereocenters. The van der Waals surface area contributed by atoms with Crippen LogP contribution in [0.1, 0.15) is 12.5 Å². The van der Waals surface area contributed by atoms with Crippen molar-refractivity contribution < 1.29 is 4.79 Å². The summed E-state index contributed by atoms with van der Waals surface area (Å²) in [6.45, 7) is 1.34. The van der Waals surface area contributed by atoms with Gasteiger partial charge in [0.2, 0.25) is 5.91 Å². The Hall–Kier alpha value is -1.62. The zero-order chi connectivity index (χ0) is 10.6. The number of carbonyl (C=O) groups is 1. The molecule has 0 fully saturated rings. The maximum Gasteiger partial charge on any atom is 0.346 e. The van der Waals surface area contributed by atoms with Gasteiger partial charge in [-0.05, 0) is 6.08 Å². The van der Waals surface area contributed by atoms with E-state index >= 15 is 0 Å². The minimum Gasteiger partial charge on any atom is -0.312 e. The van der Waals surface area contributed by atoms with E-state index in [-0.39, 0.29) is 11.7 Å². The molecule has 0 saturated carbocycles. The topological polar surface area (TPSA) is 74.8 Å². The summed E-state index contributed by atoms with van der Waals surface area (Å²) in [5.74, 6) is 0.00507. The molecule has 1 amide bonds. The smallest absolute Gasteiger partial charge is 0.312 e. The normalized spacial score (nSPS) is 10.4. The standard InChI is InChI=1S/C8H8ClN3O2/c1-5(13)11-7-6(2-3-9)4-10-8(14)12-7/h2-4H,1H3,(H2,10,11,12,13,14). The second kappa shape index (κ2) is 4.57. The van der Waals surface area contributed by atoms with Crippen molar-refractivity contribution in [1.82, 2.24) is 9.97 Å². The lowest BCUT2D eigenvalue weighted by Crippen LogP contribution is -2.16. The molecule has 1 aromatic heterocycles. The second-order valence-corrected chi connectivity index (χ2v) is 2.74. The number of carbonyl (C=O) groups excluding carboxylic acids is 1. The number of nitrogens with zero attached hydrogens (tertiary/aromatic N) is 1. The Kier molecular flexibility index (Phi) is 3.41. The molecule has 0 aromatic carbocycles. The number of anilines is 1. The van der Waals surface area contributed by atoms with Crippen LogP contribution < -0.4 is 11.0 Å². The lowest BCUT2D eigenvalue weighted by atomic mass is 10.3. The Labute approximate surface area is 84.8 Å². The average molecular weight is 214 g/mol. The van der Waals surface area contributed by atoms with E-state index in [2.05, 4.69) is 15.3 Å². The first-order chi connectivity index (χ1) is 6.63. The van der Waals surface area contributed by atoms with Crippen molar-refractivity contribution in [3.8, 4) is 0 Å². The van der Waals surface area contributed by atoms with E-state index in [0.717, 1.165) is 0 Å². The fourth-order valence-corrected chi connectivity index (χ4v) is 1.01. The van der Waals surface area contributed by atoms with Crippen molar-refractivity contribution in [2.75, 3.05) is 5.32 Å². The number of halogens is 1. The highest BCUT2D eigenvalue weighted by Crippen LogP contribution is 2.10. The minimum atomic E-state index is -0.527. The van der Waals surface area contributed by atoms with Crippen molar-refractivity contribution in [2.45, 2.75) is 6.92 Å². The molecule has 0 bridgehead atoms. The summed E-state index contributed by atoms with van der Waals surface area (Å²) in [7, 11) is 0. The number of amides is 1. The van der Waals surface area contributed by atoms with Gasteiger partial charge in [0.05, 0.1) is 0 Å². The zero-order valence-corrected chi connectivity index (χ0v) is 8.13. The van der Waals surface area contributed by atoms with Crippen LogP contribution in [0.25, 0.3) is 6.08 Å². The van der Waals surface area contributed by atoms with Crippen LogP contribution in [0.15, 0.2) is 16.5 Å². The Balaban J connectivity index is 3.15. The lowest BCUT2D eigenvalue weighted by Gasteiger charge is -2.03. The van der Waals surface area contributed by atoms with E-state index < -0.39 is 5.69 Å². The fraction of sp³-hybridized carbons (Fsp3) is 0.125. The molecule has 74 valence electrons. The molecule has 14 heavy (non-hydrogen) atoms. The second-order valence-electron chi connectivity index (χ2n) is 2.49.